The molecule has 0 atom stereocenters. The number of ketones is 1. The zero-order valence-corrected chi connectivity index (χ0v) is 12.3. The van der Waals surface area contributed by atoms with Crippen molar-refractivity contribution >= 4 is 5.78 Å². The van der Waals surface area contributed by atoms with Crippen molar-refractivity contribution in [3.05, 3.63) is 90.0 Å². The van der Waals surface area contributed by atoms with Gasteiger partial charge in [0.15, 0.2) is 5.78 Å². The van der Waals surface area contributed by atoms with Gasteiger partial charge in [0.1, 0.15) is 5.75 Å². The molecule has 0 aliphatic rings. The van der Waals surface area contributed by atoms with E-state index < -0.39 is 0 Å². The van der Waals surface area contributed by atoms with Gasteiger partial charge in [-0.25, -0.2) is 0 Å². The Morgan fingerprint density at radius 3 is 2.00 bits per heavy atom. The van der Waals surface area contributed by atoms with E-state index in [1.54, 1.807) is 19.2 Å². The molecule has 22 heavy (non-hydrogen) atoms. The molecule has 0 aliphatic heterocycles. The highest BCUT2D eigenvalue weighted by Gasteiger charge is 2.13. The topological polar surface area (TPSA) is 26.3 Å². The fourth-order valence-electron chi connectivity index (χ4n) is 2.43. The molecule has 0 bridgehead atoms. The van der Waals surface area contributed by atoms with Gasteiger partial charge in [-0.05, 0) is 23.3 Å². The highest BCUT2D eigenvalue weighted by Crippen LogP contribution is 2.23. The average Bonchev–Trinajstić information content (AvgIpc) is 2.62. The third-order valence-corrected chi connectivity index (χ3v) is 3.61. The fourth-order valence-corrected chi connectivity index (χ4v) is 2.43. The average molecular weight is 288 g/mol. The Balaban J connectivity index is 1.91. The summed E-state index contributed by atoms with van der Waals surface area (Å²) in [6.07, 6.45) is 0. The summed E-state index contributed by atoms with van der Waals surface area (Å²) in [6.45, 7) is 0. The van der Waals surface area contributed by atoms with Gasteiger partial charge < -0.3 is 4.74 Å². The summed E-state index contributed by atoms with van der Waals surface area (Å²) in [5, 5.41) is 0. The number of methoxy groups -OCH3 is 1. The van der Waals surface area contributed by atoms with Gasteiger partial charge >= 0.3 is 0 Å². The first-order valence-corrected chi connectivity index (χ1v) is 7.13. The van der Waals surface area contributed by atoms with Gasteiger partial charge in [-0.1, -0.05) is 66.7 Å². The monoisotopic (exact) mass is 288 g/mol. The van der Waals surface area contributed by atoms with Crippen molar-refractivity contribution in [2.75, 3.05) is 7.11 Å². The van der Waals surface area contributed by atoms with Crippen LogP contribution < -0.4 is 4.74 Å². The van der Waals surface area contributed by atoms with Crippen molar-refractivity contribution < 1.29 is 9.53 Å². The van der Waals surface area contributed by atoms with Crippen molar-refractivity contribution in [1.82, 2.24) is 0 Å². The summed E-state index contributed by atoms with van der Waals surface area (Å²) in [5.74, 6) is 0.566. The molecule has 0 aliphatic carbocycles. The maximum Gasteiger partial charge on any atom is 0.196 e. The zero-order chi connectivity index (χ0) is 15.4. The van der Waals surface area contributed by atoms with Gasteiger partial charge in [-0.15, -0.1) is 0 Å². The summed E-state index contributed by atoms with van der Waals surface area (Å²) in [5.41, 5.74) is 3.47. The minimum Gasteiger partial charge on any atom is -0.496 e. The molecule has 0 saturated heterocycles. The Hall–Kier alpha value is -2.87. The predicted molar refractivity (Wildman–Crippen MR) is 88.3 cm³/mol. The van der Waals surface area contributed by atoms with Gasteiger partial charge in [0.2, 0.25) is 0 Å². The molecule has 0 spiro atoms. The molecule has 108 valence electrons. The van der Waals surface area contributed by atoms with Crippen LogP contribution >= 0.6 is 0 Å². The van der Waals surface area contributed by atoms with Crippen LogP contribution in [0.2, 0.25) is 0 Å². The Labute approximate surface area is 130 Å². The van der Waals surface area contributed by atoms with Gasteiger partial charge in [0.25, 0.3) is 0 Å². The van der Waals surface area contributed by atoms with E-state index >= 15 is 0 Å². The third-order valence-electron chi connectivity index (χ3n) is 3.61. The van der Waals surface area contributed by atoms with Crippen molar-refractivity contribution in [3.8, 4) is 16.9 Å². The lowest BCUT2D eigenvalue weighted by Gasteiger charge is -2.08. The Morgan fingerprint density at radius 1 is 0.727 bits per heavy atom. The smallest absolute Gasteiger partial charge is 0.196 e. The van der Waals surface area contributed by atoms with Crippen LogP contribution in [-0.4, -0.2) is 12.9 Å². The first-order chi connectivity index (χ1) is 10.8. The van der Waals surface area contributed by atoms with Crippen molar-refractivity contribution in [1.29, 1.82) is 0 Å². The lowest BCUT2D eigenvalue weighted by atomic mass is 9.99. The van der Waals surface area contributed by atoms with Gasteiger partial charge in [0, 0.05) is 5.56 Å². The highest BCUT2D eigenvalue weighted by molar-refractivity contribution is 6.10. The molecule has 0 saturated carbocycles. The highest BCUT2D eigenvalue weighted by atomic mass is 16.5. The summed E-state index contributed by atoms with van der Waals surface area (Å²) < 4.78 is 5.26. The summed E-state index contributed by atoms with van der Waals surface area (Å²) >= 11 is 0. The van der Waals surface area contributed by atoms with Crippen LogP contribution in [0.3, 0.4) is 0 Å². The Bertz CT molecular complexity index is 774. The predicted octanol–water partition coefficient (Wildman–Crippen LogP) is 4.59. The molecular weight excluding hydrogens is 272 g/mol. The fraction of sp³-hybridized carbons (Fsp3) is 0.0500. The molecule has 2 heteroatoms. The zero-order valence-electron chi connectivity index (χ0n) is 12.3. The molecule has 3 aromatic rings. The summed E-state index contributed by atoms with van der Waals surface area (Å²) in [4.78, 5) is 12.6. The minimum atomic E-state index is -0.0305. The van der Waals surface area contributed by atoms with Crippen LogP contribution in [0.1, 0.15) is 15.9 Å². The van der Waals surface area contributed by atoms with E-state index in [1.165, 1.54) is 0 Å². The van der Waals surface area contributed by atoms with Crippen LogP contribution in [0.15, 0.2) is 78.9 Å². The van der Waals surface area contributed by atoms with Crippen molar-refractivity contribution in [3.63, 3.8) is 0 Å². The van der Waals surface area contributed by atoms with E-state index in [4.69, 9.17) is 4.74 Å². The third kappa shape index (κ3) is 2.77. The van der Waals surface area contributed by atoms with Crippen molar-refractivity contribution in [2.24, 2.45) is 0 Å². The van der Waals surface area contributed by atoms with Crippen molar-refractivity contribution in [2.45, 2.75) is 0 Å². The van der Waals surface area contributed by atoms with Gasteiger partial charge in [0.05, 0.1) is 12.7 Å². The van der Waals surface area contributed by atoms with E-state index in [-0.39, 0.29) is 5.78 Å². The number of hydrogen-bond donors (Lipinski definition) is 0. The molecule has 0 aromatic heterocycles. The second-order valence-corrected chi connectivity index (χ2v) is 4.97. The number of carbonyl (C=O) groups is 1. The molecule has 2 nitrogen and oxygen atoms in total. The van der Waals surface area contributed by atoms with Crippen LogP contribution in [-0.2, 0) is 0 Å². The molecule has 3 rings (SSSR count). The molecule has 0 N–H and O–H groups in total. The SMILES string of the molecule is COc1ccccc1C(=O)c1ccc(-c2ccccc2)cc1. The number of para-hydroxylation sites is 1. The molecule has 0 fully saturated rings. The molecule has 0 unspecified atom stereocenters. The van der Waals surface area contributed by atoms with Crippen LogP contribution in [0.25, 0.3) is 11.1 Å². The standard InChI is InChI=1S/C20H16O2/c1-22-19-10-6-5-9-18(19)20(21)17-13-11-16(12-14-17)15-7-3-2-4-8-15/h2-14H,1H3. The molecule has 3 aromatic carbocycles. The minimum absolute atomic E-state index is 0.0305. The second kappa shape index (κ2) is 6.27. The number of benzene rings is 3. The molecular formula is C20H16O2. The quantitative estimate of drug-likeness (QED) is 0.656. The van der Waals surface area contributed by atoms with E-state index in [0.717, 1.165) is 11.1 Å². The van der Waals surface area contributed by atoms with Crippen LogP contribution in [0, 0.1) is 0 Å². The lowest BCUT2D eigenvalue weighted by molar-refractivity contribution is 0.103. The molecule has 0 heterocycles. The van der Waals surface area contributed by atoms with Crippen LogP contribution in [0.4, 0.5) is 0 Å². The largest absolute Gasteiger partial charge is 0.496 e. The lowest BCUT2D eigenvalue weighted by Crippen LogP contribution is -2.03. The maximum absolute atomic E-state index is 12.6. The van der Waals surface area contributed by atoms with Gasteiger partial charge in [-0.2, -0.15) is 0 Å². The number of ether oxygens (including phenoxy) is 1. The van der Waals surface area contributed by atoms with E-state index in [9.17, 15) is 4.79 Å². The van der Waals surface area contributed by atoms with E-state index in [1.807, 2.05) is 54.6 Å². The van der Waals surface area contributed by atoms with E-state index in [0.29, 0.717) is 16.9 Å². The molecule has 0 radical (unpaired) electrons. The van der Waals surface area contributed by atoms with Crippen LogP contribution in [0.5, 0.6) is 5.75 Å². The Morgan fingerprint density at radius 2 is 1.32 bits per heavy atom. The molecule has 0 amide bonds. The normalized spacial score (nSPS) is 10.2. The summed E-state index contributed by atoms with van der Waals surface area (Å²) in [6, 6.07) is 25.0. The number of rotatable bonds is 4. The Kier molecular flexibility index (Phi) is 4.01. The maximum atomic E-state index is 12.6. The number of carbonyl (C=O) groups excluding carboxylic acids is 1. The number of hydrogen-bond acceptors (Lipinski definition) is 2. The first kappa shape index (κ1) is 14.1. The van der Waals surface area contributed by atoms with E-state index in [2.05, 4.69) is 12.1 Å². The summed E-state index contributed by atoms with van der Waals surface area (Å²) in [7, 11) is 1.57. The first-order valence-electron chi connectivity index (χ1n) is 7.13. The second-order valence-electron chi connectivity index (χ2n) is 4.97. The van der Waals surface area contributed by atoms with Gasteiger partial charge in [-0.3, -0.25) is 4.79 Å².